The van der Waals surface area contributed by atoms with Crippen molar-refractivity contribution in [2.24, 2.45) is 0 Å². The molecule has 0 aliphatic carbocycles. The molecule has 0 radical (unpaired) electrons. The Balaban J connectivity index is 1.49. The van der Waals surface area contributed by atoms with Crippen molar-refractivity contribution in [2.45, 2.75) is 24.9 Å². The number of aliphatic hydroxyl groups is 1. The summed E-state index contributed by atoms with van der Waals surface area (Å²) in [6.07, 6.45) is 3.25. The number of ether oxygens (including phenoxy) is 1. The van der Waals surface area contributed by atoms with E-state index in [0.717, 1.165) is 5.69 Å². The highest BCUT2D eigenvalue weighted by molar-refractivity contribution is 6.32. The molecule has 3 rings (SSSR count). The van der Waals surface area contributed by atoms with Gasteiger partial charge < -0.3 is 14.7 Å². The molecule has 0 spiro atoms. The molecule has 0 bridgehead atoms. The first-order chi connectivity index (χ1) is 11.6. The van der Waals surface area contributed by atoms with Crippen LogP contribution in [0, 0.1) is 0 Å². The van der Waals surface area contributed by atoms with Gasteiger partial charge in [-0.3, -0.25) is 9.89 Å². The summed E-state index contributed by atoms with van der Waals surface area (Å²) in [5.41, 5.74) is 0.103. The highest BCUT2D eigenvalue weighted by Gasteiger charge is 2.34. The second-order valence-corrected chi connectivity index (χ2v) is 6.49. The monoisotopic (exact) mass is 349 g/mol. The molecule has 1 aromatic heterocycles. The molecule has 128 valence electrons. The lowest BCUT2D eigenvalue weighted by Gasteiger charge is -2.38. The number of H-pyrrole nitrogens is 1. The molecule has 1 fully saturated rings. The van der Waals surface area contributed by atoms with Crippen LogP contribution in [-0.2, 0) is 11.2 Å². The molecule has 2 heterocycles. The van der Waals surface area contributed by atoms with Crippen LogP contribution >= 0.6 is 11.6 Å². The van der Waals surface area contributed by atoms with Crippen molar-refractivity contribution in [3.8, 4) is 5.75 Å². The lowest BCUT2D eigenvalue weighted by Crippen LogP contribution is -2.49. The number of likely N-dealkylation sites (tertiary alicyclic amines) is 1. The number of aromatic nitrogens is 2. The van der Waals surface area contributed by atoms with Gasteiger partial charge in [0.15, 0.2) is 6.61 Å². The van der Waals surface area contributed by atoms with Gasteiger partial charge in [-0.25, -0.2) is 0 Å². The predicted octanol–water partition coefficient (Wildman–Crippen LogP) is 2.04. The molecule has 0 atom stereocenters. The number of para-hydroxylation sites is 1. The minimum Gasteiger partial charge on any atom is -0.482 e. The minimum atomic E-state index is -0.799. The van der Waals surface area contributed by atoms with Gasteiger partial charge in [0.25, 0.3) is 5.91 Å². The minimum absolute atomic E-state index is 0.0529. The van der Waals surface area contributed by atoms with E-state index >= 15 is 0 Å². The van der Waals surface area contributed by atoms with Crippen LogP contribution in [0.15, 0.2) is 36.5 Å². The summed E-state index contributed by atoms with van der Waals surface area (Å²) in [4.78, 5) is 14.0. The van der Waals surface area contributed by atoms with Crippen molar-refractivity contribution in [1.82, 2.24) is 15.1 Å². The smallest absolute Gasteiger partial charge is 0.260 e. The number of piperidine rings is 1. The Labute approximate surface area is 145 Å². The molecule has 2 N–H and O–H groups in total. The number of nitrogens with one attached hydrogen (secondary N) is 1. The van der Waals surface area contributed by atoms with Crippen LogP contribution in [0.1, 0.15) is 18.5 Å². The molecule has 0 saturated carbocycles. The first kappa shape index (κ1) is 16.8. The van der Waals surface area contributed by atoms with E-state index in [2.05, 4.69) is 10.2 Å². The highest BCUT2D eigenvalue weighted by atomic mass is 35.5. The molecule has 6 nitrogen and oxygen atoms in total. The summed E-state index contributed by atoms with van der Waals surface area (Å²) in [6.45, 7) is 0.966. The van der Waals surface area contributed by atoms with Gasteiger partial charge in [-0.1, -0.05) is 23.7 Å². The molecule has 1 aliphatic heterocycles. The number of carbonyl (C=O) groups is 1. The van der Waals surface area contributed by atoms with Crippen LogP contribution in [0.2, 0.25) is 5.02 Å². The molecule has 7 heteroatoms. The van der Waals surface area contributed by atoms with Gasteiger partial charge in [-0.2, -0.15) is 5.10 Å². The average Bonchev–Trinajstić information content (AvgIpc) is 3.07. The van der Waals surface area contributed by atoms with Gasteiger partial charge >= 0.3 is 0 Å². The second-order valence-electron chi connectivity index (χ2n) is 6.08. The lowest BCUT2D eigenvalue weighted by atomic mass is 9.87. The summed E-state index contributed by atoms with van der Waals surface area (Å²) in [6, 6.07) is 8.92. The van der Waals surface area contributed by atoms with E-state index in [9.17, 15) is 9.90 Å². The fourth-order valence-electron chi connectivity index (χ4n) is 2.88. The molecular formula is C17H20ClN3O3. The molecule has 1 aliphatic rings. The number of rotatable bonds is 5. The van der Waals surface area contributed by atoms with Crippen molar-refractivity contribution in [2.75, 3.05) is 19.7 Å². The molecular weight excluding hydrogens is 330 g/mol. The first-order valence-electron chi connectivity index (χ1n) is 7.91. The number of nitrogens with zero attached hydrogens (tertiary/aromatic N) is 2. The third-order valence-corrected chi connectivity index (χ3v) is 4.62. The van der Waals surface area contributed by atoms with Crippen LogP contribution in [0.5, 0.6) is 5.75 Å². The van der Waals surface area contributed by atoms with Crippen molar-refractivity contribution in [3.05, 3.63) is 47.2 Å². The summed E-state index contributed by atoms with van der Waals surface area (Å²) in [7, 11) is 0. The van der Waals surface area contributed by atoms with Crippen LogP contribution in [0.3, 0.4) is 0 Å². The van der Waals surface area contributed by atoms with E-state index in [-0.39, 0.29) is 12.5 Å². The summed E-state index contributed by atoms with van der Waals surface area (Å²) < 4.78 is 5.49. The average molecular weight is 350 g/mol. The third kappa shape index (κ3) is 4.07. The zero-order valence-corrected chi connectivity index (χ0v) is 14.0. The van der Waals surface area contributed by atoms with Gasteiger partial charge in [0.2, 0.25) is 0 Å². The third-order valence-electron chi connectivity index (χ3n) is 4.31. The fourth-order valence-corrected chi connectivity index (χ4v) is 3.07. The lowest BCUT2D eigenvalue weighted by molar-refractivity contribution is -0.137. The Morgan fingerprint density at radius 1 is 1.33 bits per heavy atom. The van der Waals surface area contributed by atoms with E-state index < -0.39 is 5.60 Å². The number of carbonyl (C=O) groups excluding carboxylic acids is 1. The molecule has 1 saturated heterocycles. The van der Waals surface area contributed by atoms with Gasteiger partial charge in [-0.05, 0) is 31.0 Å². The van der Waals surface area contributed by atoms with Crippen molar-refractivity contribution in [1.29, 1.82) is 0 Å². The van der Waals surface area contributed by atoms with Crippen LogP contribution in [0.4, 0.5) is 0 Å². The van der Waals surface area contributed by atoms with E-state index in [0.29, 0.717) is 43.1 Å². The second kappa shape index (κ2) is 7.23. The maximum atomic E-state index is 12.3. The number of hydrogen-bond donors (Lipinski definition) is 2. The van der Waals surface area contributed by atoms with E-state index in [1.807, 2.05) is 18.2 Å². The maximum Gasteiger partial charge on any atom is 0.260 e. The first-order valence-corrected chi connectivity index (χ1v) is 8.29. The van der Waals surface area contributed by atoms with Crippen LogP contribution in [-0.4, -0.2) is 51.4 Å². The largest absolute Gasteiger partial charge is 0.482 e. The Bertz CT molecular complexity index is 682. The fraction of sp³-hybridized carbons (Fsp3) is 0.412. The molecule has 1 amide bonds. The maximum absolute atomic E-state index is 12.3. The zero-order chi connectivity index (χ0) is 17.0. The molecule has 2 aromatic rings. The molecule has 0 unspecified atom stereocenters. The normalized spacial score (nSPS) is 16.8. The van der Waals surface area contributed by atoms with E-state index in [1.54, 1.807) is 23.2 Å². The van der Waals surface area contributed by atoms with Gasteiger partial charge in [-0.15, -0.1) is 0 Å². The SMILES string of the molecule is O=C(COc1ccccc1Cl)N1CCC(O)(Cc2ccn[nH]2)CC1. The summed E-state index contributed by atoms with van der Waals surface area (Å²) in [5, 5.41) is 17.9. The molecule has 24 heavy (non-hydrogen) atoms. The topological polar surface area (TPSA) is 78.4 Å². The van der Waals surface area contributed by atoms with Gasteiger partial charge in [0.05, 0.1) is 10.6 Å². The highest BCUT2D eigenvalue weighted by Crippen LogP contribution is 2.26. The standard InChI is InChI=1S/C17H20ClN3O3/c18-14-3-1-2-4-15(14)24-12-16(22)21-9-6-17(23,7-10-21)11-13-5-8-19-20-13/h1-5,8,23H,6-7,9-12H2,(H,19,20). The van der Waals surface area contributed by atoms with Gasteiger partial charge in [0.1, 0.15) is 5.75 Å². The Hall–Kier alpha value is -2.05. The quantitative estimate of drug-likeness (QED) is 0.865. The predicted molar refractivity (Wildman–Crippen MR) is 90.0 cm³/mol. The van der Waals surface area contributed by atoms with E-state index in [1.165, 1.54) is 0 Å². The van der Waals surface area contributed by atoms with Crippen LogP contribution < -0.4 is 4.74 Å². The summed E-state index contributed by atoms with van der Waals surface area (Å²) in [5.74, 6) is 0.402. The van der Waals surface area contributed by atoms with Crippen molar-refractivity contribution >= 4 is 17.5 Å². The number of benzene rings is 1. The number of amides is 1. The number of halogens is 1. The Kier molecular flexibility index (Phi) is 5.06. The van der Waals surface area contributed by atoms with Crippen LogP contribution in [0.25, 0.3) is 0 Å². The van der Waals surface area contributed by atoms with Gasteiger partial charge in [0, 0.05) is 31.4 Å². The zero-order valence-electron chi connectivity index (χ0n) is 13.2. The Morgan fingerprint density at radius 3 is 2.75 bits per heavy atom. The Morgan fingerprint density at radius 2 is 2.08 bits per heavy atom. The summed E-state index contributed by atoms with van der Waals surface area (Å²) >= 11 is 6.01. The number of aromatic amines is 1. The van der Waals surface area contributed by atoms with Crippen molar-refractivity contribution in [3.63, 3.8) is 0 Å². The number of hydrogen-bond acceptors (Lipinski definition) is 4. The molecule has 1 aromatic carbocycles. The van der Waals surface area contributed by atoms with E-state index in [4.69, 9.17) is 16.3 Å². The van der Waals surface area contributed by atoms with Crippen molar-refractivity contribution < 1.29 is 14.6 Å².